The standard InChI is InChI=1S/C8H8N2O3/c11-7(12)5-10-8(13)6-2-1-3-9-4-6/h1-4H,5H2,(H,10,13)(H,11,12)/p-1. The van der Waals surface area contributed by atoms with E-state index in [2.05, 4.69) is 10.3 Å². The van der Waals surface area contributed by atoms with E-state index < -0.39 is 18.4 Å². The molecule has 1 heterocycles. The summed E-state index contributed by atoms with van der Waals surface area (Å²) in [6.07, 6.45) is 2.88. The number of pyridine rings is 1. The Bertz CT molecular complexity index is 310. The summed E-state index contributed by atoms with van der Waals surface area (Å²) in [6.45, 7) is -0.492. The maximum Gasteiger partial charge on any atom is 0.253 e. The Balaban J connectivity index is 2.54. The van der Waals surface area contributed by atoms with Crippen molar-refractivity contribution in [1.29, 1.82) is 0 Å². The fourth-order valence-corrected chi connectivity index (χ4v) is 0.752. The van der Waals surface area contributed by atoms with E-state index in [1.165, 1.54) is 18.5 Å². The Labute approximate surface area is 74.4 Å². The molecule has 0 saturated carbocycles. The monoisotopic (exact) mass is 179 g/mol. The van der Waals surface area contributed by atoms with Crippen LogP contribution in [0.15, 0.2) is 24.5 Å². The van der Waals surface area contributed by atoms with Crippen molar-refractivity contribution in [2.24, 2.45) is 0 Å². The maximum absolute atomic E-state index is 11.1. The molecule has 0 radical (unpaired) electrons. The van der Waals surface area contributed by atoms with E-state index in [1.54, 1.807) is 6.07 Å². The van der Waals surface area contributed by atoms with Crippen LogP contribution in [0.25, 0.3) is 0 Å². The molecule has 0 atom stereocenters. The van der Waals surface area contributed by atoms with Gasteiger partial charge >= 0.3 is 0 Å². The molecule has 0 aliphatic heterocycles. The number of carboxylic acids is 1. The molecular formula is C8H7N2O3-. The fraction of sp³-hybridized carbons (Fsp3) is 0.125. The van der Waals surface area contributed by atoms with Gasteiger partial charge in [-0.2, -0.15) is 0 Å². The van der Waals surface area contributed by atoms with Gasteiger partial charge in [0.25, 0.3) is 5.91 Å². The molecule has 5 heteroatoms. The van der Waals surface area contributed by atoms with Crippen molar-refractivity contribution < 1.29 is 14.7 Å². The van der Waals surface area contributed by atoms with Gasteiger partial charge in [-0.1, -0.05) is 0 Å². The smallest absolute Gasteiger partial charge is 0.253 e. The van der Waals surface area contributed by atoms with Crippen LogP contribution in [0.4, 0.5) is 0 Å². The summed E-state index contributed by atoms with van der Waals surface area (Å²) in [7, 11) is 0. The maximum atomic E-state index is 11.1. The summed E-state index contributed by atoms with van der Waals surface area (Å²) in [5, 5.41) is 12.2. The van der Waals surface area contributed by atoms with Gasteiger partial charge in [0.1, 0.15) is 0 Å². The van der Waals surface area contributed by atoms with Gasteiger partial charge in [-0.05, 0) is 12.1 Å². The van der Waals surface area contributed by atoms with Crippen LogP contribution < -0.4 is 10.4 Å². The molecular weight excluding hydrogens is 172 g/mol. The van der Waals surface area contributed by atoms with Crippen molar-refractivity contribution in [2.75, 3.05) is 6.54 Å². The zero-order chi connectivity index (χ0) is 9.68. The number of aromatic nitrogens is 1. The van der Waals surface area contributed by atoms with Crippen molar-refractivity contribution in [3.05, 3.63) is 30.1 Å². The Hall–Kier alpha value is -1.91. The molecule has 1 aromatic heterocycles. The summed E-state index contributed by atoms with van der Waals surface area (Å²) in [5.41, 5.74) is 0.323. The molecule has 0 unspecified atom stereocenters. The van der Waals surface area contributed by atoms with Gasteiger partial charge in [-0.3, -0.25) is 9.78 Å². The van der Waals surface area contributed by atoms with Crippen molar-refractivity contribution in [2.45, 2.75) is 0 Å². The first kappa shape index (κ1) is 9.18. The second-order valence-electron chi connectivity index (χ2n) is 2.30. The number of carboxylic acid groups (broad SMARTS) is 1. The van der Waals surface area contributed by atoms with E-state index in [1.807, 2.05) is 0 Å². The van der Waals surface area contributed by atoms with Crippen LogP contribution >= 0.6 is 0 Å². The molecule has 0 aliphatic carbocycles. The predicted molar refractivity (Wildman–Crippen MR) is 41.6 cm³/mol. The number of amides is 1. The first-order valence-electron chi connectivity index (χ1n) is 3.58. The highest BCUT2D eigenvalue weighted by Gasteiger charge is 2.02. The highest BCUT2D eigenvalue weighted by molar-refractivity contribution is 5.95. The highest BCUT2D eigenvalue weighted by atomic mass is 16.4. The molecule has 0 aliphatic rings. The number of aliphatic carboxylic acids is 1. The average molecular weight is 179 g/mol. The van der Waals surface area contributed by atoms with E-state index in [4.69, 9.17) is 0 Å². The molecule has 68 valence electrons. The number of carbonyl (C=O) groups is 2. The van der Waals surface area contributed by atoms with Crippen LogP contribution in [0.2, 0.25) is 0 Å². The Morgan fingerprint density at radius 2 is 2.31 bits per heavy atom. The molecule has 1 rings (SSSR count). The highest BCUT2D eigenvalue weighted by Crippen LogP contribution is 1.93. The van der Waals surface area contributed by atoms with Gasteiger partial charge in [-0.25, -0.2) is 0 Å². The summed E-state index contributed by atoms with van der Waals surface area (Å²) in [4.78, 5) is 24.8. The van der Waals surface area contributed by atoms with Crippen LogP contribution in [0, 0.1) is 0 Å². The topological polar surface area (TPSA) is 82.1 Å². The first-order chi connectivity index (χ1) is 6.20. The zero-order valence-corrected chi connectivity index (χ0v) is 6.69. The third kappa shape index (κ3) is 2.90. The quantitative estimate of drug-likeness (QED) is 0.616. The molecule has 1 amide bonds. The van der Waals surface area contributed by atoms with Gasteiger partial charge in [0, 0.05) is 12.4 Å². The molecule has 0 fully saturated rings. The van der Waals surface area contributed by atoms with Crippen molar-refractivity contribution >= 4 is 11.9 Å². The lowest BCUT2D eigenvalue weighted by atomic mass is 10.3. The lowest BCUT2D eigenvalue weighted by Crippen LogP contribution is -2.37. The minimum Gasteiger partial charge on any atom is -0.548 e. The summed E-state index contributed by atoms with van der Waals surface area (Å²) in [6, 6.07) is 3.13. The number of nitrogens with zero attached hydrogens (tertiary/aromatic N) is 1. The first-order valence-corrected chi connectivity index (χ1v) is 3.58. The normalized spacial score (nSPS) is 9.23. The molecule has 0 aromatic carbocycles. The van der Waals surface area contributed by atoms with Gasteiger partial charge in [0.15, 0.2) is 0 Å². The zero-order valence-electron chi connectivity index (χ0n) is 6.69. The molecule has 0 bridgehead atoms. The molecule has 5 nitrogen and oxygen atoms in total. The van der Waals surface area contributed by atoms with E-state index >= 15 is 0 Å². The van der Waals surface area contributed by atoms with Crippen LogP contribution in [0.1, 0.15) is 10.4 Å². The minimum absolute atomic E-state index is 0.323. The third-order valence-electron chi connectivity index (χ3n) is 1.32. The number of carbonyl (C=O) groups excluding carboxylic acids is 2. The third-order valence-corrected chi connectivity index (χ3v) is 1.32. The molecule has 0 spiro atoms. The van der Waals surface area contributed by atoms with Crippen molar-refractivity contribution in [1.82, 2.24) is 10.3 Å². The molecule has 1 aromatic rings. The number of nitrogens with one attached hydrogen (secondary N) is 1. The van der Waals surface area contributed by atoms with Crippen LogP contribution in [0.3, 0.4) is 0 Å². The van der Waals surface area contributed by atoms with Crippen molar-refractivity contribution in [3.8, 4) is 0 Å². The Kier molecular flexibility index (Phi) is 2.97. The second kappa shape index (κ2) is 4.20. The van der Waals surface area contributed by atoms with E-state index in [0.29, 0.717) is 5.56 Å². The van der Waals surface area contributed by atoms with Gasteiger partial charge in [-0.15, -0.1) is 0 Å². The SMILES string of the molecule is O=C([O-])CNC(=O)c1cccnc1. The fourth-order valence-electron chi connectivity index (χ4n) is 0.752. The Morgan fingerprint density at radius 3 is 2.85 bits per heavy atom. The number of hydrogen-bond acceptors (Lipinski definition) is 4. The van der Waals surface area contributed by atoms with Gasteiger partial charge < -0.3 is 15.2 Å². The largest absolute Gasteiger partial charge is 0.548 e. The number of rotatable bonds is 3. The minimum atomic E-state index is -1.32. The van der Waals surface area contributed by atoms with Crippen molar-refractivity contribution in [3.63, 3.8) is 0 Å². The summed E-state index contributed by atoms with van der Waals surface area (Å²) >= 11 is 0. The van der Waals surface area contributed by atoms with Gasteiger partial charge in [0.2, 0.25) is 0 Å². The van der Waals surface area contributed by atoms with Crippen LogP contribution in [0.5, 0.6) is 0 Å². The molecule has 0 saturated heterocycles. The summed E-state index contributed by atoms with van der Waals surface area (Å²) in [5.74, 6) is -1.80. The van der Waals surface area contributed by atoms with Crippen LogP contribution in [-0.2, 0) is 4.79 Å². The summed E-state index contributed by atoms with van der Waals surface area (Å²) < 4.78 is 0. The van der Waals surface area contributed by atoms with E-state index in [0.717, 1.165) is 0 Å². The number of hydrogen-bond donors (Lipinski definition) is 1. The predicted octanol–water partition coefficient (Wildman–Crippen LogP) is -1.44. The lowest BCUT2D eigenvalue weighted by molar-refractivity contribution is -0.303. The molecule has 1 N–H and O–H groups in total. The van der Waals surface area contributed by atoms with Gasteiger partial charge in [0.05, 0.1) is 18.1 Å². The average Bonchev–Trinajstić information content (AvgIpc) is 2.15. The Morgan fingerprint density at radius 1 is 1.54 bits per heavy atom. The molecule has 13 heavy (non-hydrogen) atoms. The van der Waals surface area contributed by atoms with E-state index in [9.17, 15) is 14.7 Å². The van der Waals surface area contributed by atoms with Crippen LogP contribution in [-0.4, -0.2) is 23.4 Å². The van der Waals surface area contributed by atoms with E-state index in [-0.39, 0.29) is 0 Å². The second-order valence-corrected chi connectivity index (χ2v) is 2.30. The lowest BCUT2D eigenvalue weighted by Gasteiger charge is -2.04.